The molecule has 0 heterocycles. The van der Waals surface area contributed by atoms with Crippen LogP contribution in [0.25, 0.3) is 10.8 Å². The number of hydrogen-bond donors (Lipinski definition) is 0. The van der Waals surface area contributed by atoms with Crippen molar-refractivity contribution in [2.24, 2.45) is 0 Å². The fourth-order valence-electron chi connectivity index (χ4n) is 3.50. The Morgan fingerprint density at radius 2 is 1.44 bits per heavy atom. The molecule has 34 heavy (non-hydrogen) atoms. The van der Waals surface area contributed by atoms with Gasteiger partial charge in [-0.05, 0) is 61.0 Å². The number of fused-ring (bicyclic) bond motifs is 1. The number of Topliss-reactive ketones (excluding diaryl/α,β-unsaturated/α-hetero) is 1. The second-order valence-electron chi connectivity index (χ2n) is 7.83. The molecule has 0 spiro atoms. The molecule has 6 nitrogen and oxygen atoms in total. The van der Waals surface area contributed by atoms with Crippen LogP contribution >= 0.6 is 0 Å². The highest BCUT2D eigenvalue weighted by molar-refractivity contribution is 6.07. The van der Waals surface area contributed by atoms with Gasteiger partial charge in [0.1, 0.15) is 11.5 Å². The van der Waals surface area contributed by atoms with E-state index in [1.165, 1.54) is 0 Å². The number of carbonyl (C=O) groups excluding carboxylic acids is 3. The third-order valence-corrected chi connectivity index (χ3v) is 5.41. The summed E-state index contributed by atoms with van der Waals surface area (Å²) < 4.78 is 16.6. The molecule has 3 rings (SSSR count). The van der Waals surface area contributed by atoms with Crippen LogP contribution in [0.2, 0.25) is 0 Å². The maximum absolute atomic E-state index is 12.9. The van der Waals surface area contributed by atoms with Crippen molar-refractivity contribution in [1.29, 1.82) is 0 Å². The van der Waals surface area contributed by atoms with Gasteiger partial charge in [-0.3, -0.25) is 9.59 Å². The molecule has 0 aromatic heterocycles. The Balaban J connectivity index is 1.62. The number of esters is 2. The van der Waals surface area contributed by atoms with Crippen molar-refractivity contribution in [2.45, 2.75) is 46.0 Å². The minimum Gasteiger partial charge on any atom is -0.493 e. The number of hydrogen-bond acceptors (Lipinski definition) is 6. The Bertz CT molecular complexity index is 1130. The standard InChI is InChI=1S/C28H30O6/c1-3-25(29)20-12-14-21(15-13-20)34-28(31)24-16-17-26(23-11-7-6-10-22(23)24)32-18-8-5-9-19-33-27(30)4-2/h6-7,10-17H,3-5,8-9,18-19H2,1-2H3. The monoisotopic (exact) mass is 462 g/mol. The maximum Gasteiger partial charge on any atom is 0.344 e. The highest BCUT2D eigenvalue weighted by Gasteiger charge is 2.15. The molecule has 3 aromatic carbocycles. The van der Waals surface area contributed by atoms with E-state index in [1.807, 2.05) is 31.2 Å². The van der Waals surface area contributed by atoms with Gasteiger partial charge in [-0.2, -0.15) is 0 Å². The molecule has 0 aliphatic rings. The predicted molar refractivity (Wildman–Crippen MR) is 131 cm³/mol. The van der Waals surface area contributed by atoms with Gasteiger partial charge >= 0.3 is 11.9 Å². The van der Waals surface area contributed by atoms with Crippen molar-refractivity contribution in [3.05, 3.63) is 71.8 Å². The van der Waals surface area contributed by atoms with Crippen LogP contribution in [0.15, 0.2) is 60.7 Å². The quantitative estimate of drug-likeness (QED) is 0.139. The SMILES string of the molecule is CCC(=O)OCCCCCOc1ccc(C(=O)Oc2ccc(C(=O)CC)cc2)c2ccccc12. The number of ether oxygens (including phenoxy) is 3. The number of unbranched alkanes of at least 4 members (excludes halogenated alkanes) is 2. The zero-order valence-electron chi connectivity index (χ0n) is 19.7. The van der Waals surface area contributed by atoms with Crippen LogP contribution in [0, 0.1) is 0 Å². The molecular weight excluding hydrogens is 432 g/mol. The van der Waals surface area contributed by atoms with E-state index in [-0.39, 0.29) is 11.8 Å². The average Bonchev–Trinajstić information content (AvgIpc) is 2.87. The summed E-state index contributed by atoms with van der Waals surface area (Å²) in [5, 5.41) is 1.58. The lowest BCUT2D eigenvalue weighted by Crippen LogP contribution is -2.10. The van der Waals surface area contributed by atoms with Crippen LogP contribution < -0.4 is 9.47 Å². The smallest absolute Gasteiger partial charge is 0.344 e. The molecule has 0 fully saturated rings. The normalized spacial score (nSPS) is 10.6. The lowest BCUT2D eigenvalue weighted by atomic mass is 10.0. The summed E-state index contributed by atoms with van der Waals surface area (Å²) >= 11 is 0. The van der Waals surface area contributed by atoms with Gasteiger partial charge in [0.2, 0.25) is 0 Å². The summed E-state index contributed by atoms with van der Waals surface area (Å²) in [6.07, 6.45) is 3.34. The highest BCUT2D eigenvalue weighted by Crippen LogP contribution is 2.29. The molecule has 0 saturated carbocycles. The molecule has 0 unspecified atom stereocenters. The Morgan fingerprint density at radius 3 is 2.15 bits per heavy atom. The molecule has 0 saturated heterocycles. The first-order chi connectivity index (χ1) is 16.5. The number of carbonyl (C=O) groups is 3. The van der Waals surface area contributed by atoms with E-state index >= 15 is 0 Å². The zero-order valence-corrected chi connectivity index (χ0v) is 19.7. The van der Waals surface area contributed by atoms with E-state index in [0.717, 1.165) is 30.0 Å². The van der Waals surface area contributed by atoms with Crippen LogP contribution in [0.3, 0.4) is 0 Å². The Morgan fingerprint density at radius 1 is 0.735 bits per heavy atom. The molecule has 0 aliphatic heterocycles. The fourth-order valence-corrected chi connectivity index (χ4v) is 3.50. The van der Waals surface area contributed by atoms with Crippen LogP contribution in [0.1, 0.15) is 66.7 Å². The van der Waals surface area contributed by atoms with Gasteiger partial charge in [0.15, 0.2) is 5.78 Å². The molecule has 3 aromatic rings. The summed E-state index contributed by atoms with van der Waals surface area (Å²) in [7, 11) is 0. The Hall–Kier alpha value is -3.67. The second-order valence-corrected chi connectivity index (χ2v) is 7.83. The van der Waals surface area contributed by atoms with Gasteiger partial charge in [-0.15, -0.1) is 0 Å². The molecule has 0 radical (unpaired) electrons. The summed E-state index contributed by atoms with van der Waals surface area (Å²) in [5.41, 5.74) is 1.03. The van der Waals surface area contributed by atoms with Crippen LogP contribution in [-0.2, 0) is 9.53 Å². The predicted octanol–water partition coefficient (Wildman–Crippen LogP) is 6.15. The highest BCUT2D eigenvalue weighted by atomic mass is 16.5. The van der Waals surface area contributed by atoms with Gasteiger partial charge in [0.25, 0.3) is 0 Å². The minimum absolute atomic E-state index is 0.0411. The van der Waals surface area contributed by atoms with E-state index in [2.05, 4.69) is 0 Å². The van der Waals surface area contributed by atoms with Gasteiger partial charge in [0.05, 0.1) is 18.8 Å². The van der Waals surface area contributed by atoms with E-state index in [1.54, 1.807) is 43.3 Å². The molecule has 0 atom stereocenters. The number of rotatable bonds is 12. The molecule has 178 valence electrons. The molecular formula is C28H30O6. The Kier molecular flexibility index (Phi) is 9.21. The van der Waals surface area contributed by atoms with E-state index in [9.17, 15) is 14.4 Å². The van der Waals surface area contributed by atoms with E-state index in [4.69, 9.17) is 14.2 Å². The topological polar surface area (TPSA) is 78.9 Å². The Labute approximate surface area is 199 Å². The van der Waals surface area contributed by atoms with Crippen molar-refractivity contribution < 1.29 is 28.6 Å². The van der Waals surface area contributed by atoms with Crippen molar-refractivity contribution in [2.75, 3.05) is 13.2 Å². The summed E-state index contributed by atoms with van der Waals surface area (Å²) in [6.45, 7) is 4.54. The second kappa shape index (κ2) is 12.5. The summed E-state index contributed by atoms with van der Waals surface area (Å²) in [5.74, 6) is 0.474. The summed E-state index contributed by atoms with van der Waals surface area (Å²) in [6, 6.07) is 17.6. The first-order valence-corrected chi connectivity index (χ1v) is 11.7. The van der Waals surface area contributed by atoms with Gasteiger partial charge in [-0.25, -0.2) is 4.79 Å². The first-order valence-electron chi connectivity index (χ1n) is 11.7. The molecule has 0 bridgehead atoms. The summed E-state index contributed by atoms with van der Waals surface area (Å²) in [4.78, 5) is 35.8. The van der Waals surface area contributed by atoms with Crippen molar-refractivity contribution in [3.63, 3.8) is 0 Å². The minimum atomic E-state index is -0.473. The molecule has 0 N–H and O–H groups in total. The zero-order chi connectivity index (χ0) is 24.3. The third kappa shape index (κ3) is 6.67. The molecule has 6 heteroatoms. The van der Waals surface area contributed by atoms with Gasteiger partial charge in [-0.1, -0.05) is 38.1 Å². The van der Waals surface area contributed by atoms with Crippen LogP contribution in [0.5, 0.6) is 11.5 Å². The van der Waals surface area contributed by atoms with Crippen LogP contribution in [0.4, 0.5) is 0 Å². The molecule has 0 aliphatic carbocycles. The van der Waals surface area contributed by atoms with Crippen molar-refractivity contribution >= 4 is 28.5 Å². The number of ketones is 1. The number of benzene rings is 3. The lowest BCUT2D eigenvalue weighted by Gasteiger charge is -2.12. The molecule has 0 amide bonds. The van der Waals surface area contributed by atoms with E-state index in [0.29, 0.717) is 48.7 Å². The lowest BCUT2D eigenvalue weighted by molar-refractivity contribution is -0.143. The van der Waals surface area contributed by atoms with Crippen molar-refractivity contribution in [1.82, 2.24) is 0 Å². The van der Waals surface area contributed by atoms with Gasteiger partial charge in [0, 0.05) is 23.8 Å². The fraction of sp³-hybridized carbons (Fsp3) is 0.321. The maximum atomic E-state index is 12.9. The average molecular weight is 463 g/mol. The van der Waals surface area contributed by atoms with Gasteiger partial charge < -0.3 is 14.2 Å². The van der Waals surface area contributed by atoms with Crippen molar-refractivity contribution in [3.8, 4) is 11.5 Å². The van der Waals surface area contributed by atoms with Crippen LogP contribution in [-0.4, -0.2) is 30.9 Å². The largest absolute Gasteiger partial charge is 0.493 e. The third-order valence-electron chi connectivity index (χ3n) is 5.41. The first kappa shape index (κ1) is 25.0. The van der Waals surface area contributed by atoms with E-state index < -0.39 is 5.97 Å².